The fourth-order valence-electron chi connectivity index (χ4n) is 1.76. The number of benzene rings is 1. The molecule has 0 aliphatic heterocycles. The zero-order chi connectivity index (χ0) is 14.6. The summed E-state index contributed by atoms with van der Waals surface area (Å²) in [7, 11) is -0.192. The Morgan fingerprint density at radius 2 is 2.00 bits per heavy atom. The van der Waals surface area contributed by atoms with E-state index in [4.69, 9.17) is 0 Å². The molecular weight excluding hydrogens is 276 g/mol. The van der Waals surface area contributed by atoms with E-state index in [-0.39, 0.29) is 4.90 Å². The van der Waals surface area contributed by atoms with Gasteiger partial charge in [-0.25, -0.2) is 8.42 Å². The topological polar surface area (TPSA) is 67.2 Å². The predicted molar refractivity (Wildman–Crippen MR) is 78.2 cm³/mol. The third kappa shape index (κ3) is 3.00. The minimum absolute atomic E-state index is 0.194. The number of likely N-dealkylation sites (N-methyl/N-ethyl adjacent to an activating group) is 1. The van der Waals surface area contributed by atoms with Gasteiger partial charge in [0.15, 0.2) is 0 Å². The molecule has 6 nitrogen and oxygen atoms in total. The quantitative estimate of drug-likeness (QED) is 0.860. The number of hydrogen-bond acceptors (Lipinski definition) is 4. The lowest BCUT2D eigenvalue weighted by atomic mass is 10.3. The van der Waals surface area contributed by atoms with Crippen molar-refractivity contribution in [1.29, 1.82) is 0 Å². The molecule has 7 heteroatoms. The zero-order valence-electron chi connectivity index (χ0n) is 11.5. The molecule has 0 unspecified atom stereocenters. The molecule has 0 spiro atoms. The Bertz CT molecular complexity index is 652. The first-order chi connectivity index (χ1) is 9.55. The van der Waals surface area contributed by atoms with Crippen molar-refractivity contribution in [1.82, 2.24) is 15.1 Å². The summed E-state index contributed by atoms with van der Waals surface area (Å²) in [4.78, 5) is 0.194. The lowest BCUT2D eigenvalue weighted by Gasteiger charge is -2.18. The van der Waals surface area contributed by atoms with Crippen LogP contribution in [0.25, 0.3) is 0 Å². The fourth-order valence-corrected chi connectivity index (χ4v) is 2.91. The molecule has 1 aromatic heterocycles. The Morgan fingerprint density at radius 3 is 2.65 bits per heavy atom. The Kier molecular flexibility index (Phi) is 4.41. The highest BCUT2D eigenvalue weighted by Gasteiger charge is 2.22. The van der Waals surface area contributed by atoms with Crippen LogP contribution in [0, 0.1) is 0 Å². The molecule has 0 atom stereocenters. The van der Waals surface area contributed by atoms with E-state index < -0.39 is 10.0 Å². The van der Waals surface area contributed by atoms with Crippen molar-refractivity contribution in [2.24, 2.45) is 0 Å². The van der Waals surface area contributed by atoms with Gasteiger partial charge in [-0.1, -0.05) is 18.2 Å². The van der Waals surface area contributed by atoms with Crippen molar-refractivity contribution in [3.8, 4) is 0 Å². The Morgan fingerprint density at radius 1 is 1.30 bits per heavy atom. The molecule has 2 rings (SSSR count). The van der Waals surface area contributed by atoms with Gasteiger partial charge in [0.1, 0.15) is 4.90 Å². The van der Waals surface area contributed by atoms with Crippen LogP contribution >= 0.6 is 0 Å². The number of nitrogens with one attached hydrogen (secondary N) is 1. The maximum atomic E-state index is 12.5. The van der Waals surface area contributed by atoms with Gasteiger partial charge in [-0.2, -0.15) is 5.10 Å². The zero-order valence-corrected chi connectivity index (χ0v) is 12.3. The first-order valence-electron chi connectivity index (χ1n) is 6.27. The number of para-hydroxylation sites is 1. The van der Waals surface area contributed by atoms with Gasteiger partial charge < -0.3 is 5.32 Å². The lowest BCUT2D eigenvalue weighted by Crippen LogP contribution is -2.26. The third-order valence-electron chi connectivity index (χ3n) is 2.98. The number of sulfonamides is 1. The summed E-state index contributed by atoms with van der Waals surface area (Å²) in [6, 6.07) is 8.96. The standard InChI is InChI=1S/C13H18N4O2S/c1-14-8-9-17-11-13(10-15-17)20(18,19)16(2)12-6-4-3-5-7-12/h3-7,10-11,14H,8-9H2,1-2H3. The van der Waals surface area contributed by atoms with Crippen molar-refractivity contribution in [2.45, 2.75) is 11.4 Å². The van der Waals surface area contributed by atoms with Crippen LogP contribution in [0.3, 0.4) is 0 Å². The highest BCUT2D eigenvalue weighted by atomic mass is 32.2. The third-order valence-corrected chi connectivity index (χ3v) is 4.72. The molecule has 0 amide bonds. The van der Waals surface area contributed by atoms with E-state index in [9.17, 15) is 8.42 Å². The second-order valence-electron chi connectivity index (χ2n) is 4.35. The molecule has 1 heterocycles. The van der Waals surface area contributed by atoms with E-state index in [0.29, 0.717) is 12.2 Å². The lowest BCUT2D eigenvalue weighted by molar-refractivity contribution is 0.581. The van der Waals surface area contributed by atoms with Gasteiger partial charge in [0, 0.05) is 19.8 Å². The van der Waals surface area contributed by atoms with Crippen LogP contribution in [0.1, 0.15) is 0 Å². The monoisotopic (exact) mass is 294 g/mol. The van der Waals surface area contributed by atoms with Crippen molar-refractivity contribution in [2.75, 3.05) is 24.9 Å². The summed E-state index contributed by atoms with van der Waals surface area (Å²) in [5.41, 5.74) is 0.621. The van der Waals surface area contributed by atoms with Gasteiger partial charge in [-0.3, -0.25) is 8.99 Å². The second kappa shape index (κ2) is 6.06. The van der Waals surface area contributed by atoms with Gasteiger partial charge in [0.05, 0.1) is 18.4 Å². The molecule has 0 aliphatic rings. The molecule has 2 aromatic rings. The molecule has 0 saturated carbocycles. The largest absolute Gasteiger partial charge is 0.318 e. The van der Waals surface area contributed by atoms with Crippen LogP contribution in [0.5, 0.6) is 0 Å². The molecule has 1 N–H and O–H groups in total. The van der Waals surface area contributed by atoms with E-state index in [0.717, 1.165) is 6.54 Å². The number of rotatable bonds is 6. The molecule has 0 radical (unpaired) electrons. The Labute approximate surface area is 119 Å². The maximum Gasteiger partial charge on any atom is 0.267 e. The molecule has 1 aromatic carbocycles. The Hall–Kier alpha value is -1.86. The SMILES string of the molecule is CNCCn1cc(S(=O)(=O)N(C)c2ccccc2)cn1. The van der Waals surface area contributed by atoms with Gasteiger partial charge in [0.2, 0.25) is 0 Å². The molecule has 0 fully saturated rings. The molecule has 20 heavy (non-hydrogen) atoms. The summed E-state index contributed by atoms with van der Waals surface area (Å²) >= 11 is 0. The van der Waals surface area contributed by atoms with Gasteiger partial charge >= 0.3 is 0 Å². The highest BCUT2D eigenvalue weighted by Crippen LogP contribution is 2.20. The minimum atomic E-state index is -3.57. The fraction of sp³-hybridized carbons (Fsp3) is 0.308. The number of hydrogen-bond donors (Lipinski definition) is 1. The van der Waals surface area contributed by atoms with Crippen LogP contribution in [0.4, 0.5) is 5.69 Å². The maximum absolute atomic E-state index is 12.5. The summed E-state index contributed by atoms with van der Waals surface area (Å²) < 4.78 is 27.8. The first kappa shape index (κ1) is 14.5. The summed E-state index contributed by atoms with van der Waals surface area (Å²) in [5.74, 6) is 0. The molecular formula is C13H18N4O2S. The number of anilines is 1. The average Bonchev–Trinajstić information content (AvgIpc) is 2.94. The van der Waals surface area contributed by atoms with Crippen molar-refractivity contribution >= 4 is 15.7 Å². The second-order valence-corrected chi connectivity index (χ2v) is 6.32. The first-order valence-corrected chi connectivity index (χ1v) is 7.71. The predicted octanol–water partition coefficient (Wildman–Crippen LogP) is 0.928. The van der Waals surface area contributed by atoms with Crippen LogP contribution < -0.4 is 9.62 Å². The highest BCUT2D eigenvalue weighted by molar-refractivity contribution is 7.92. The minimum Gasteiger partial charge on any atom is -0.318 e. The summed E-state index contributed by atoms with van der Waals surface area (Å²) in [6.45, 7) is 1.36. The van der Waals surface area contributed by atoms with Crippen molar-refractivity contribution < 1.29 is 8.42 Å². The molecule has 0 bridgehead atoms. The number of nitrogens with zero attached hydrogens (tertiary/aromatic N) is 3. The summed E-state index contributed by atoms with van der Waals surface area (Å²) in [6.07, 6.45) is 2.93. The van der Waals surface area contributed by atoms with Crippen LogP contribution in [-0.4, -0.2) is 38.8 Å². The van der Waals surface area contributed by atoms with E-state index in [1.807, 2.05) is 13.1 Å². The van der Waals surface area contributed by atoms with E-state index in [1.54, 1.807) is 35.1 Å². The van der Waals surface area contributed by atoms with Gasteiger partial charge in [-0.15, -0.1) is 0 Å². The Balaban J connectivity index is 2.24. The molecule has 0 aliphatic carbocycles. The smallest absolute Gasteiger partial charge is 0.267 e. The van der Waals surface area contributed by atoms with Crippen molar-refractivity contribution in [3.63, 3.8) is 0 Å². The van der Waals surface area contributed by atoms with Crippen molar-refractivity contribution in [3.05, 3.63) is 42.7 Å². The van der Waals surface area contributed by atoms with Crippen LogP contribution in [0.15, 0.2) is 47.6 Å². The average molecular weight is 294 g/mol. The van der Waals surface area contributed by atoms with Gasteiger partial charge in [-0.05, 0) is 19.2 Å². The van der Waals surface area contributed by atoms with E-state index >= 15 is 0 Å². The normalized spacial score (nSPS) is 11.5. The van der Waals surface area contributed by atoms with E-state index in [1.165, 1.54) is 17.5 Å². The summed E-state index contributed by atoms with van der Waals surface area (Å²) in [5, 5.41) is 7.06. The molecule has 0 saturated heterocycles. The van der Waals surface area contributed by atoms with E-state index in [2.05, 4.69) is 10.4 Å². The van der Waals surface area contributed by atoms with Crippen LogP contribution in [-0.2, 0) is 16.6 Å². The van der Waals surface area contributed by atoms with Crippen LogP contribution in [0.2, 0.25) is 0 Å². The van der Waals surface area contributed by atoms with Gasteiger partial charge in [0.25, 0.3) is 10.0 Å². The number of aromatic nitrogens is 2. The molecule has 108 valence electrons.